The molecule has 2 bridgehead atoms. The second kappa shape index (κ2) is 13.6. The van der Waals surface area contributed by atoms with Crippen LogP contribution >= 0.6 is 11.9 Å². The molecule has 7 nitrogen and oxygen atoms in total. The van der Waals surface area contributed by atoms with Crippen molar-refractivity contribution in [1.82, 2.24) is 9.62 Å². The maximum absolute atomic E-state index is 12.5. The van der Waals surface area contributed by atoms with E-state index in [4.69, 9.17) is 14.2 Å². The van der Waals surface area contributed by atoms with Crippen LogP contribution in [0.25, 0.3) is 0 Å². The maximum Gasteiger partial charge on any atom is 0.407 e. The molecule has 1 N–H and O–H groups in total. The van der Waals surface area contributed by atoms with Crippen molar-refractivity contribution in [2.45, 2.75) is 69.2 Å². The highest BCUT2D eigenvalue weighted by atomic mass is 32.2. The van der Waals surface area contributed by atoms with Gasteiger partial charge in [0.15, 0.2) is 6.29 Å². The van der Waals surface area contributed by atoms with Crippen LogP contribution in [-0.2, 0) is 19.6 Å². The van der Waals surface area contributed by atoms with Gasteiger partial charge in [0, 0.05) is 42.3 Å². The van der Waals surface area contributed by atoms with Gasteiger partial charge in [-0.1, -0.05) is 61.9 Å². The van der Waals surface area contributed by atoms with E-state index < -0.39 is 0 Å². The number of nitrogens with zero attached hydrogens (tertiary/aromatic N) is 2. The Kier molecular flexibility index (Phi) is 9.92. The average molecular weight is 578 g/mol. The first-order chi connectivity index (χ1) is 19.9. The van der Waals surface area contributed by atoms with Crippen LogP contribution in [0, 0.1) is 41.9 Å². The number of hydrogen-bond donors (Lipinski definition) is 1. The van der Waals surface area contributed by atoms with Crippen LogP contribution in [0.5, 0.6) is 0 Å². The average Bonchev–Trinajstić information content (AvgIpc) is 3.58. The molecule has 41 heavy (non-hydrogen) atoms. The second-order valence-electron chi connectivity index (χ2n) is 12.3. The Morgan fingerprint density at radius 2 is 1.85 bits per heavy atom. The van der Waals surface area contributed by atoms with E-state index >= 15 is 0 Å². The molecule has 4 aliphatic rings. The molecule has 2 saturated heterocycles. The van der Waals surface area contributed by atoms with Crippen LogP contribution in [0.15, 0.2) is 59.5 Å². The van der Waals surface area contributed by atoms with E-state index in [2.05, 4.69) is 72.9 Å². The number of alkyl carbamates (subject to hydrolysis) is 1. The molecular formula is C33H43N3O4S. The lowest BCUT2D eigenvalue weighted by atomic mass is 9.98. The van der Waals surface area contributed by atoms with E-state index in [9.17, 15) is 10.1 Å². The fourth-order valence-corrected chi connectivity index (χ4v) is 7.30. The molecule has 1 amide bonds. The van der Waals surface area contributed by atoms with Crippen molar-refractivity contribution in [2.75, 3.05) is 32.8 Å². The van der Waals surface area contributed by atoms with Crippen molar-refractivity contribution in [3.05, 3.63) is 65.7 Å². The summed E-state index contributed by atoms with van der Waals surface area (Å²) >= 11 is 1.75. The van der Waals surface area contributed by atoms with Gasteiger partial charge in [-0.3, -0.25) is 0 Å². The van der Waals surface area contributed by atoms with E-state index in [-0.39, 0.29) is 29.8 Å². The lowest BCUT2D eigenvalue weighted by Gasteiger charge is -2.27. The number of nitrogens with one attached hydrogen (secondary N) is 1. The Morgan fingerprint density at radius 1 is 1.12 bits per heavy atom. The molecule has 2 aliphatic heterocycles. The Bertz CT molecular complexity index is 1180. The second-order valence-corrected chi connectivity index (χ2v) is 13.4. The van der Waals surface area contributed by atoms with Crippen molar-refractivity contribution >= 4 is 18.0 Å². The number of carbonyl (C=O) groups excluding carboxylic acids is 1. The highest BCUT2D eigenvalue weighted by molar-refractivity contribution is 7.97. The van der Waals surface area contributed by atoms with Gasteiger partial charge in [-0.05, 0) is 68.2 Å². The minimum Gasteiger partial charge on any atom is -0.445 e. The van der Waals surface area contributed by atoms with Crippen molar-refractivity contribution in [3.8, 4) is 6.07 Å². The zero-order valence-corrected chi connectivity index (χ0v) is 25.3. The molecule has 2 aromatic carbocycles. The smallest absolute Gasteiger partial charge is 0.407 e. The largest absolute Gasteiger partial charge is 0.445 e. The fraction of sp³-hybridized carbons (Fsp3) is 0.576. The van der Waals surface area contributed by atoms with Crippen molar-refractivity contribution < 1.29 is 19.0 Å². The first-order valence-corrected chi connectivity index (χ1v) is 15.8. The van der Waals surface area contributed by atoms with Crippen LogP contribution in [0.1, 0.15) is 50.7 Å². The molecule has 4 fully saturated rings. The minimum atomic E-state index is -0.328. The van der Waals surface area contributed by atoms with E-state index in [1.54, 1.807) is 11.9 Å². The summed E-state index contributed by atoms with van der Waals surface area (Å²) in [5.74, 6) is 1.49. The third-order valence-corrected chi connectivity index (χ3v) is 9.57. The number of ether oxygens (including phenoxy) is 3. The predicted octanol–water partition coefficient (Wildman–Crippen LogP) is 6.33. The number of nitriles is 1. The van der Waals surface area contributed by atoms with Crippen LogP contribution in [0.2, 0.25) is 0 Å². The molecular weight excluding hydrogens is 534 g/mol. The minimum absolute atomic E-state index is 0.0933. The first kappa shape index (κ1) is 29.9. The van der Waals surface area contributed by atoms with Crippen LogP contribution in [-0.4, -0.2) is 55.6 Å². The topological polar surface area (TPSA) is 83.8 Å². The van der Waals surface area contributed by atoms with E-state index in [1.165, 1.54) is 10.5 Å². The quantitative estimate of drug-likeness (QED) is 0.261. The lowest BCUT2D eigenvalue weighted by molar-refractivity contribution is -0.169. The summed E-state index contributed by atoms with van der Waals surface area (Å²) in [5.41, 5.74) is 2.22. The van der Waals surface area contributed by atoms with Crippen LogP contribution in [0.3, 0.4) is 0 Å². The summed E-state index contributed by atoms with van der Waals surface area (Å²) in [6.07, 6.45) is 3.30. The zero-order valence-electron chi connectivity index (χ0n) is 24.5. The Labute approximate surface area is 249 Å². The van der Waals surface area contributed by atoms with Gasteiger partial charge in [-0.25, -0.2) is 9.10 Å². The number of benzene rings is 2. The van der Waals surface area contributed by atoms with Crippen molar-refractivity contribution in [2.24, 2.45) is 23.7 Å². The van der Waals surface area contributed by atoms with Crippen LogP contribution in [0.4, 0.5) is 4.79 Å². The molecule has 0 spiro atoms. The molecule has 0 aromatic heterocycles. The summed E-state index contributed by atoms with van der Waals surface area (Å²) in [6.45, 7) is 10.2. The summed E-state index contributed by atoms with van der Waals surface area (Å²) in [5, 5.41) is 12.4. The molecule has 220 valence electrons. The third-order valence-electron chi connectivity index (χ3n) is 8.50. The normalized spacial score (nSPS) is 26.7. The standard InChI is InChI=1S/C26H35N3O4S.C7H8/c1-17(2)13-29(34-20-6-4-19(5-7-20)26(16-27)8-9-26)11-3-10-28-25(30)33-23-18-12-21-22(23)15-32-24(21)31-14-18;1-7-5-3-2-4-6-7/h4-7,17-18,21-24H,3,8-15H2,1-2H3,(H,28,30);2-6H,1H3. The van der Waals surface area contributed by atoms with Gasteiger partial charge < -0.3 is 19.5 Å². The summed E-state index contributed by atoms with van der Waals surface area (Å²) in [6, 6.07) is 21.2. The first-order valence-electron chi connectivity index (χ1n) is 15.0. The molecule has 8 heteroatoms. The number of hydrogen-bond acceptors (Lipinski definition) is 7. The molecule has 2 saturated carbocycles. The van der Waals surface area contributed by atoms with Crippen molar-refractivity contribution in [3.63, 3.8) is 0 Å². The highest BCUT2D eigenvalue weighted by Gasteiger charge is 2.56. The molecule has 5 atom stereocenters. The Balaban J connectivity index is 0.000000423. The molecule has 2 aromatic rings. The number of rotatable bonds is 10. The van der Waals surface area contributed by atoms with E-state index in [0.717, 1.165) is 44.3 Å². The van der Waals surface area contributed by atoms with Gasteiger partial charge in [0.05, 0.1) is 24.7 Å². The van der Waals surface area contributed by atoms with Gasteiger partial charge in [-0.2, -0.15) is 5.26 Å². The molecule has 2 heterocycles. The van der Waals surface area contributed by atoms with Crippen LogP contribution < -0.4 is 5.32 Å². The third kappa shape index (κ3) is 7.64. The predicted molar refractivity (Wildman–Crippen MR) is 160 cm³/mol. The van der Waals surface area contributed by atoms with E-state index in [1.807, 2.05) is 18.2 Å². The van der Waals surface area contributed by atoms with Gasteiger partial charge >= 0.3 is 6.09 Å². The summed E-state index contributed by atoms with van der Waals surface area (Å²) in [4.78, 5) is 13.6. The molecule has 5 unspecified atom stereocenters. The maximum atomic E-state index is 12.5. The fourth-order valence-electron chi connectivity index (χ4n) is 6.15. The summed E-state index contributed by atoms with van der Waals surface area (Å²) < 4.78 is 19.6. The number of aryl methyl sites for hydroxylation is 1. The molecule has 2 aliphatic carbocycles. The number of carbonyl (C=O) groups is 1. The van der Waals surface area contributed by atoms with Gasteiger partial charge in [-0.15, -0.1) is 0 Å². The molecule has 0 radical (unpaired) electrons. The highest BCUT2D eigenvalue weighted by Crippen LogP contribution is 2.49. The Hall–Kier alpha value is -2.57. The lowest BCUT2D eigenvalue weighted by Crippen LogP contribution is -2.37. The summed E-state index contributed by atoms with van der Waals surface area (Å²) in [7, 11) is 0. The monoisotopic (exact) mass is 577 g/mol. The zero-order chi connectivity index (χ0) is 28.8. The van der Waals surface area contributed by atoms with Crippen molar-refractivity contribution in [1.29, 1.82) is 5.26 Å². The Morgan fingerprint density at radius 3 is 2.49 bits per heavy atom. The van der Waals surface area contributed by atoms with E-state index in [0.29, 0.717) is 37.5 Å². The molecule has 6 rings (SSSR count). The number of amides is 1. The van der Waals surface area contributed by atoms with Gasteiger partial charge in [0.25, 0.3) is 0 Å². The van der Waals surface area contributed by atoms with Gasteiger partial charge in [0.2, 0.25) is 0 Å². The SMILES string of the molecule is CC(C)CN(CCCNC(=O)OC1C2COC3OCC1C3C2)Sc1ccc(C2(C#N)CC2)cc1.Cc1ccccc1. The van der Waals surface area contributed by atoms with Gasteiger partial charge in [0.1, 0.15) is 6.10 Å². The number of fused-ring (bicyclic) bond motifs is 1.